The van der Waals surface area contributed by atoms with Gasteiger partial charge >= 0.3 is 0 Å². The maximum absolute atomic E-state index is 11.3. The molecular weight excluding hydrogens is 192 g/mol. The van der Waals surface area contributed by atoms with Crippen LogP contribution in [-0.2, 0) is 4.79 Å². The predicted molar refractivity (Wildman–Crippen MR) is 61.6 cm³/mol. The minimum absolute atomic E-state index is 0.0280. The van der Waals surface area contributed by atoms with Crippen molar-refractivity contribution >= 4 is 5.91 Å². The normalized spacial score (nSPS) is 14.1. The van der Waals surface area contributed by atoms with Crippen molar-refractivity contribution in [3.63, 3.8) is 0 Å². The summed E-state index contributed by atoms with van der Waals surface area (Å²) in [5, 5.41) is 15.4. The first-order valence-electron chi connectivity index (χ1n) is 5.46. The van der Waals surface area contributed by atoms with E-state index in [0.717, 1.165) is 0 Å². The second-order valence-corrected chi connectivity index (χ2v) is 4.95. The topological polar surface area (TPSA) is 61.4 Å². The number of rotatable bonds is 6. The van der Waals surface area contributed by atoms with Gasteiger partial charge in [-0.2, -0.15) is 0 Å². The summed E-state index contributed by atoms with van der Waals surface area (Å²) in [5.74, 6) is 0.431. The molecule has 90 valence electrons. The van der Waals surface area contributed by atoms with E-state index in [4.69, 9.17) is 0 Å². The van der Waals surface area contributed by atoms with Crippen LogP contribution in [0.3, 0.4) is 0 Å². The monoisotopic (exact) mass is 216 g/mol. The Balaban J connectivity index is 3.72. The third-order valence-corrected chi connectivity index (χ3v) is 2.34. The minimum atomic E-state index is -0.807. The Labute approximate surface area is 92.4 Å². The molecule has 0 heterocycles. The smallest absolute Gasteiger partial charge is 0.233 e. The summed E-state index contributed by atoms with van der Waals surface area (Å²) in [4.78, 5) is 11.3. The van der Waals surface area contributed by atoms with Gasteiger partial charge in [-0.25, -0.2) is 0 Å². The van der Waals surface area contributed by atoms with Crippen LogP contribution in [0.25, 0.3) is 0 Å². The summed E-state index contributed by atoms with van der Waals surface area (Å²) >= 11 is 0. The molecule has 0 aliphatic heterocycles. The zero-order valence-corrected chi connectivity index (χ0v) is 10.4. The lowest BCUT2D eigenvalue weighted by molar-refractivity contribution is -0.120. The third-order valence-electron chi connectivity index (χ3n) is 2.34. The summed E-state index contributed by atoms with van der Waals surface area (Å²) in [5.41, 5.74) is -0.807. The number of carbonyl (C=O) groups is 1. The van der Waals surface area contributed by atoms with E-state index in [1.807, 2.05) is 20.8 Å². The molecule has 1 atom stereocenters. The summed E-state index contributed by atoms with van der Waals surface area (Å²) in [6.07, 6.45) is 0. The average Bonchev–Trinajstić information content (AvgIpc) is 2.09. The van der Waals surface area contributed by atoms with Crippen molar-refractivity contribution in [2.24, 2.45) is 5.92 Å². The van der Waals surface area contributed by atoms with Gasteiger partial charge in [0.15, 0.2) is 0 Å². The van der Waals surface area contributed by atoms with Crippen LogP contribution in [0.1, 0.15) is 34.6 Å². The van der Waals surface area contributed by atoms with E-state index >= 15 is 0 Å². The second kappa shape index (κ2) is 6.08. The SMILES string of the molecule is CC(C)CNC(=O)CNC(C)C(C)(C)O. The molecule has 0 rings (SSSR count). The molecule has 4 nitrogen and oxygen atoms in total. The van der Waals surface area contributed by atoms with Gasteiger partial charge in [0.1, 0.15) is 0 Å². The number of aliphatic hydroxyl groups is 1. The summed E-state index contributed by atoms with van der Waals surface area (Å²) in [7, 11) is 0. The molecule has 0 saturated carbocycles. The predicted octanol–water partition coefficient (Wildman–Crippen LogP) is 0.508. The highest BCUT2D eigenvalue weighted by Crippen LogP contribution is 2.06. The number of carbonyl (C=O) groups excluding carboxylic acids is 1. The lowest BCUT2D eigenvalue weighted by Crippen LogP contribution is -2.48. The average molecular weight is 216 g/mol. The number of hydrogen-bond acceptors (Lipinski definition) is 3. The van der Waals surface area contributed by atoms with Gasteiger partial charge in [0.25, 0.3) is 0 Å². The summed E-state index contributed by atoms with van der Waals surface area (Å²) in [6.45, 7) is 10.3. The zero-order chi connectivity index (χ0) is 12.1. The fraction of sp³-hybridized carbons (Fsp3) is 0.909. The van der Waals surface area contributed by atoms with E-state index in [1.54, 1.807) is 13.8 Å². The van der Waals surface area contributed by atoms with Crippen molar-refractivity contribution in [2.45, 2.75) is 46.3 Å². The first kappa shape index (κ1) is 14.4. The van der Waals surface area contributed by atoms with E-state index < -0.39 is 5.60 Å². The van der Waals surface area contributed by atoms with Crippen LogP contribution in [0.15, 0.2) is 0 Å². The molecule has 1 amide bonds. The largest absolute Gasteiger partial charge is 0.389 e. The Morgan fingerprint density at radius 2 is 1.87 bits per heavy atom. The van der Waals surface area contributed by atoms with Gasteiger partial charge in [-0.15, -0.1) is 0 Å². The lowest BCUT2D eigenvalue weighted by atomic mass is 10.0. The molecule has 15 heavy (non-hydrogen) atoms. The van der Waals surface area contributed by atoms with Crippen molar-refractivity contribution < 1.29 is 9.90 Å². The number of nitrogens with one attached hydrogen (secondary N) is 2. The van der Waals surface area contributed by atoms with Gasteiger partial charge in [-0.1, -0.05) is 13.8 Å². The standard InChI is InChI=1S/C11H24N2O2/c1-8(2)6-13-10(14)7-12-9(3)11(4,5)15/h8-9,12,15H,6-7H2,1-5H3,(H,13,14). The molecule has 1 unspecified atom stereocenters. The highest BCUT2D eigenvalue weighted by Gasteiger charge is 2.22. The highest BCUT2D eigenvalue weighted by molar-refractivity contribution is 5.78. The van der Waals surface area contributed by atoms with Crippen molar-refractivity contribution in [3.05, 3.63) is 0 Å². The molecule has 0 saturated heterocycles. The van der Waals surface area contributed by atoms with Gasteiger partial charge in [-0.3, -0.25) is 4.79 Å². The van der Waals surface area contributed by atoms with Crippen molar-refractivity contribution in [1.82, 2.24) is 10.6 Å². The first-order valence-corrected chi connectivity index (χ1v) is 5.46. The van der Waals surface area contributed by atoms with E-state index in [2.05, 4.69) is 10.6 Å². The van der Waals surface area contributed by atoms with Gasteiger partial charge in [0.2, 0.25) is 5.91 Å². The Kier molecular flexibility index (Phi) is 5.83. The molecule has 0 bridgehead atoms. The van der Waals surface area contributed by atoms with Crippen LogP contribution in [0.5, 0.6) is 0 Å². The van der Waals surface area contributed by atoms with Crippen LogP contribution < -0.4 is 10.6 Å². The van der Waals surface area contributed by atoms with Gasteiger partial charge in [-0.05, 0) is 26.7 Å². The highest BCUT2D eigenvalue weighted by atomic mass is 16.3. The molecule has 0 aliphatic rings. The van der Waals surface area contributed by atoms with Crippen LogP contribution in [0.2, 0.25) is 0 Å². The van der Waals surface area contributed by atoms with Crippen LogP contribution >= 0.6 is 0 Å². The van der Waals surface area contributed by atoms with E-state index in [1.165, 1.54) is 0 Å². The zero-order valence-electron chi connectivity index (χ0n) is 10.4. The number of hydrogen-bond donors (Lipinski definition) is 3. The lowest BCUT2D eigenvalue weighted by Gasteiger charge is -2.26. The van der Waals surface area contributed by atoms with Gasteiger partial charge in [0.05, 0.1) is 12.1 Å². The fourth-order valence-corrected chi connectivity index (χ4v) is 0.876. The summed E-state index contributed by atoms with van der Waals surface area (Å²) < 4.78 is 0. The molecule has 0 aromatic carbocycles. The molecule has 3 N–H and O–H groups in total. The van der Waals surface area contributed by atoms with Gasteiger partial charge < -0.3 is 15.7 Å². The maximum atomic E-state index is 11.3. The van der Waals surface area contributed by atoms with Crippen LogP contribution in [0.4, 0.5) is 0 Å². The van der Waals surface area contributed by atoms with E-state index in [0.29, 0.717) is 12.5 Å². The Morgan fingerprint density at radius 1 is 1.33 bits per heavy atom. The molecule has 0 spiro atoms. The van der Waals surface area contributed by atoms with Crippen LogP contribution in [-0.4, -0.2) is 35.7 Å². The molecule has 0 radical (unpaired) electrons. The van der Waals surface area contributed by atoms with Gasteiger partial charge in [0, 0.05) is 12.6 Å². The molecular formula is C11H24N2O2. The first-order chi connectivity index (χ1) is 6.73. The second-order valence-electron chi connectivity index (χ2n) is 4.95. The summed E-state index contributed by atoms with van der Waals surface area (Å²) in [6, 6.07) is -0.109. The Hall–Kier alpha value is -0.610. The molecule has 0 aromatic heterocycles. The quantitative estimate of drug-likeness (QED) is 0.606. The van der Waals surface area contributed by atoms with E-state index in [9.17, 15) is 9.90 Å². The Morgan fingerprint density at radius 3 is 2.27 bits per heavy atom. The minimum Gasteiger partial charge on any atom is -0.389 e. The third kappa shape index (κ3) is 7.33. The van der Waals surface area contributed by atoms with Crippen LogP contribution in [0, 0.1) is 5.92 Å². The molecule has 0 aliphatic carbocycles. The number of amides is 1. The fourth-order valence-electron chi connectivity index (χ4n) is 0.876. The maximum Gasteiger partial charge on any atom is 0.233 e. The van der Waals surface area contributed by atoms with E-state index in [-0.39, 0.29) is 18.5 Å². The van der Waals surface area contributed by atoms with Crippen molar-refractivity contribution in [3.8, 4) is 0 Å². The Bertz CT molecular complexity index is 197. The van der Waals surface area contributed by atoms with Crippen molar-refractivity contribution in [2.75, 3.05) is 13.1 Å². The molecule has 4 heteroatoms. The molecule has 0 fully saturated rings. The molecule has 0 aromatic rings. The van der Waals surface area contributed by atoms with Crippen molar-refractivity contribution in [1.29, 1.82) is 0 Å².